The Morgan fingerprint density at radius 1 is 0.272 bits per heavy atom. The number of carbonyl (C=O) groups excluding carboxylic acids is 3. The van der Waals surface area contributed by atoms with E-state index in [1.54, 1.807) is 6.08 Å². The van der Waals surface area contributed by atoms with Gasteiger partial charge < -0.3 is 14.2 Å². The van der Waals surface area contributed by atoms with Crippen LogP contribution in [0.3, 0.4) is 0 Å². The fourth-order valence-electron chi connectivity index (χ4n) is 9.65. The van der Waals surface area contributed by atoms with Gasteiger partial charge >= 0.3 is 17.9 Å². The lowest BCUT2D eigenvalue weighted by Crippen LogP contribution is -2.30. The van der Waals surface area contributed by atoms with Gasteiger partial charge in [0, 0.05) is 12.8 Å². The predicted octanol–water partition coefficient (Wildman–Crippen LogP) is 23.8. The van der Waals surface area contributed by atoms with Gasteiger partial charge in [-0.15, -0.1) is 0 Å². The minimum Gasteiger partial charge on any atom is -0.462 e. The molecule has 6 nitrogen and oxygen atoms in total. The minimum absolute atomic E-state index is 0.0931. The first-order valence-corrected chi connectivity index (χ1v) is 34.4. The van der Waals surface area contributed by atoms with E-state index in [1.807, 2.05) is 6.08 Å². The normalized spacial score (nSPS) is 12.8. The van der Waals surface area contributed by atoms with Crippen molar-refractivity contribution in [3.05, 3.63) is 109 Å². The predicted molar refractivity (Wildman–Crippen MR) is 353 cm³/mol. The van der Waals surface area contributed by atoms with Crippen molar-refractivity contribution in [3.63, 3.8) is 0 Å². The van der Waals surface area contributed by atoms with Crippen LogP contribution in [0.15, 0.2) is 109 Å². The fourth-order valence-corrected chi connectivity index (χ4v) is 9.65. The summed E-state index contributed by atoms with van der Waals surface area (Å²) >= 11 is 0. The molecule has 0 aromatic heterocycles. The van der Waals surface area contributed by atoms with Crippen LogP contribution in [0.4, 0.5) is 0 Å². The Balaban J connectivity index is 4.14. The lowest BCUT2D eigenvalue weighted by atomic mass is 10.0. The van der Waals surface area contributed by atoms with Crippen molar-refractivity contribution in [2.75, 3.05) is 13.2 Å². The Bertz CT molecular complexity index is 1620. The van der Waals surface area contributed by atoms with Crippen LogP contribution in [0.2, 0.25) is 0 Å². The topological polar surface area (TPSA) is 78.9 Å². The smallest absolute Gasteiger partial charge is 0.310 e. The van der Waals surface area contributed by atoms with Crippen molar-refractivity contribution in [3.8, 4) is 0 Å². The van der Waals surface area contributed by atoms with Crippen molar-refractivity contribution in [2.24, 2.45) is 0 Å². The number of hydrogen-bond donors (Lipinski definition) is 0. The van der Waals surface area contributed by atoms with Gasteiger partial charge in [-0.25, -0.2) is 0 Å². The molecule has 0 aromatic carbocycles. The van der Waals surface area contributed by atoms with E-state index in [9.17, 15) is 14.4 Å². The molecule has 0 bridgehead atoms. The molecule has 0 aliphatic rings. The summed E-state index contributed by atoms with van der Waals surface area (Å²) in [6.07, 6.45) is 94.5. The summed E-state index contributed by atoms with van der Waals surface area (Å²) in [4.78, 5) is 38.2. The SMILES string of the molecule is CC/C=C\C/C=C\C/C=C\C/C=C\C/C=C\CC(=O)OC(COC(=O)CCCCCCC/C=C\C/C=C\CCC)COC(=O)CCCCCCCCCCCCCCCCCCCCCCCCC/C=C\C/C=C\CCCCCCC. The quantitative estimate of drug-likeness (QED) is 0.0261. The zero-order valence-corrected chi connectivity index (χ0v) is 53.3. The highest BCUT2D eigenvalue weighted by Crippen LogP contribution is 2.17. The second-order valence-electron chi connectivity index (χ2n) is 22.7. The molecule has 0 spiro atoms. The zero-order chi connectivity index (χ0) is 58.5. The summed E-state index contributed by atoms with van der Waals surface area (Å²) in [7, 11) is 0. The van der Waals surface area contributed by atoms with E-state index >= 15 is 0 Å². The molecular weight excluding hydrogens is 997 g/mol. The van der Waals surface area contributed by atoms with E-state index in [2.05, 4.69) is 118 Å². The molecule has 0 saturated carbocycles. The van der Waals surface area contributed by atoms with E-state index in [4.69, 9.17) is 14.2 Å². The van der Waals surface area contributed by atoms with Crippen LogP contribution in [-0.4, -0.2) is 37.2 Å². The van der Waals surface area contributed by atoms with Crippen molar-refractivity contribution in [1.82, 2.24) is 0 Å². The zero-order valence-electron chi connectivity index (χ0n) is 53.3. The first-order chi connectivity index (χ1) is 40.0. The summed E-state index contributed by atoms with van der Waals surface area (Å²) < 4.78 is 16.8. The Kier molecular flexibility index (Phi) is 65.2. The molecule has 0 N–H and O–H groups in total. The molecule has 0 aliphatic heterocycles. The van der Waals surface area contributed by atoms with Crippen LogP contribution in [0.25, 0.3) is 0 Å². The van der Waals surface area contributed by atoms with Gasteiger partial charge in [0.15, 0.2) is 6.10 Å². The lowest BCUT2D eigenvalue weighted by molar-refractivity contribution is -0.166. The number of ether oxygens (including phenoxy) is 3. The molecule has 0 aromatic rings. The molecule has 0 fully saturated rings. The molecule has 0 rings (SSSR count). The number of esters is 3. The van der Waals surface area contributed by atoms with Gasteiger partial charge in [-0.1, -0.05) is 316 Å². The third-order valence-corrected chi connectivity index (χ3v) is 14.7. The highest BCUT2D eigenvalue weighted by Gasteiger charge is 2.19. The summed E-state index contributed by atoms with van der Waals surface area (Å²) in [5.41, 5.74) is 0. The minimum atomic E-state index is -0.839. The van der Waals surface area contributed by atoms with Crippen LogP contribution < -0.4 is 0 Å². The van der Waals surface area contributed by atoms with Gasteiger partial charge in [0.1, 0.15) is 13.2 Å². The largest absolute Gasteiger partial charge is 0.462 e. The summed E-state index contributed by atoms with van der Waals surface area (Å²) in [5, 5.41) is 0. The molecule has 6 heteroatoms. The third kappa shape index (κ3) is 66.8. The molecule has 81 heavy (non-hydrogen) atoms. The maximum Gasteiger partial charge on any atom is 0.310 e. The lowest BCUT2D eigenvalue weighted by Gasteiger charge is -2.18. The van der Waals surface area contributed by atoms with Crippen molar-refractivity contribution < 1.29 is 28.6 Å². The van der Waals surface area contributed by atoms with Crippen LogP contribution >= 0.6 is 0 Å². The Hall–Kier alpha value is -3.93. The van der Waals surface area contributed by atoms with E-state index in [-0.39, 0.29) is 31.6 Å². The average molecular weight is 1130 g/mol. The molecule has 0 heterocycles. The van der Waals surface area contributed by atoms with Gasteiger partial charge in [-0.3, -0.25) is 14.4 Å². The van der Waals surface area contributed by atoms with Gasteiger partial charge in [0.2, 0.25) is 0 Å². The van der Waals surface area contributed by atoms with Crippen LogP contribution in [0.1, 0.15) is 329 Å². The molecule has 1 atom stereocenters. The molecular formula is C75H128O6. The Morgan fingerprint density at radius 3 is 0.864 bits per heavy atom. The monoisotopic (exact) mass is 1120 g/mol. The molecule has 0 saturated heterocycles. The summed E-state index contributed by atoms with van der Waals surface area (Å²) in [6, 6.07) is 0. The van der Waals surface area contributed by atoms with E-state index in [1.165, 1.54) is 180 Å². The van der Waals surface area contributed by atoms with E-state index < -0.39 is 12.1 Å². The molecule has 0 aliphatic carbocycles. The van der Waals surface area contributed by atoms with Gasteiger partial charge in [0.25, 0.3) is 0 Å². The molecule has 0 radical (unpaired) electrons. The maximum atomic E-state index is 12.8. The van der Waals surface area contributed by atoms with Gasteiger partial charge in [-0.2, -0.15) is 0 Å². The van der Waals surface area contributed by atoms with Crippen molar-refractivity contribution in [2.45, 2.75) is 335 Å². The second kappa shape index (κ2) is 68.6. The van der Waals surface area contributed by atoms with Crippen molar-refractivity contribution >= 4 is 17.9 Å². The number of carbonyl (C=O) groups is 3. The molecule has 1 unspecified atom stereocenters. The van der Waals surface area contributed by atoms with Crippen molar-refractivity contribution in [1.29, 1.82) is 0 Å². The van der Waals surface area contributed by atoms with Crippen LogP contribution in [0.5, 0.6) is 0 Å². The standard InChI is InChI=1S/C75H128O6/c1-4-7-10-13-16-19-22-25-27-28-29-30-31-32-33-34-35-36-37-38-39-40-41-42-43-44-45-46-48-50-53-56-59-62-65-68-74(77)80-71-72(70-79-73(76)67-64-61-58-55-52-49-24-21-18-15-12-9-6-3)81-75(78)69-66-63-60-57-54-51-47-26-23-20-17-14-11-8-5-2/h8,11-12,15,17,20-22,24-26,28-29,47,54,57,63,66,72H,4-7,9-10,13-14,16,18-19,23,27,30-46,48-53,55-56,58-62,64-65,67-71H2,1-3H3/b11-8-,15-12-,20-17-,24-21-,25-22-,29-28-,47-26-,57-54-,66-63-. The number of rotatable bonds is 62. The summed E-state index contributed by atoms with van der Waals surface area (Å²) in [6.45, 7) is 6.38. The van der Waals surface area contributed by atoms with Gasteiger partial charge in [-0.05, 0) is 103 Å². The first kappa shape index (κ1) is 77.1. The second-order valence-corrected chi connectivity index (χ2v) is 22.7. The number of allylic oxidation sites excluding steroid dienone is 17. The van der Waals surface area contributed by atoms with E-state index in [0.29, 0.717) is 12.8 Å². The van der Waals surface area contributed by atoms with E-state index in [0.717, 1.165) is 109 Å². The first-order valence-electron chi connectivity index (χ1n) is 34.4. The maximum absolute atomic E-state index is 12.8. The van der Waals surface area contributed by atoms with Gasteiger partial charge in [0.05, 0.1) is 6.42 Å². The highest BCUT2D eigenvalue weighted by atomic mass is 16.6. The summed E-state index contributed by atoms with van der Waals surface area (Å²) in [5.74, 6) is -1.06. The Labute approximate surface area is 501 Å². The highest BCUT2D eigenvalue weighted by molar-refractivity contribution is 5.72. The number of unbranched alkanes of at least 4 members (excludes halogenated alkanes) is 34. The van der Waals surface area contributed by atoms with Crippen LogP contribution in [-0.2, 0) is 28.6 Å². The molecule has 0 amide bonds. The average Bonchev–Trinajstić information content (AvgIpc) is 3.46. The number of hydrogen-bond acceptors (Lipinski definition) is 6. The van der Waals surface area contributed by atoms with Crippen LogP contribution in [0, 0.1) is 0 Å². The Morgan fingerprint density at radius 2 is 0.543 bits per heavy atom. The fraction of sp³-hybridized carbons (Fsp3) is 0.720. The molecule has 464 valence electrons. The third-order valence-electron chi connectivity index (χ3n) is 14.7.